The van der Waals surface area contributed by atoms with Crippen molar-refractivity contribution in [2.45, 2.75) is 0 Å². The predicted octanol–water partition coefficient (Wildman–Crippen LogP) is 0.785. The molecule has 0 amide bonds. The summed E-state index contributed by atoms with van der Waals surface area (Å²) < 4.78 is 11.4. The second-order valence-corrected chi connectivity index (χ2v) is 1.57. The van der Waals surface area contributed by atoms with E-state index in [0.29, 0.717) is 6.54 Å². The van der Waals surface area contributed by atoms with Gasteiger partial charge in [-0.05, 0) is 12.3 Å². The van der Waals surface area contributed by atoms with Gasteiger partial charge in [-0.15, -0.1) is 0 Å². The molecule has 0 saturated carbocycles. The minimum absolute atomic E-state index is 0.232. The SMILES string of the molecule is FCCN1C=CC1. The summed E-state index contributed by atoms with van der Waals surface area (Å²) in [6.45, 7) is 1.27. The zero-order valence-corrected chi connectivity index (χ0v) is 4.10. The van der Waals surface area contributed by atoms with Crippen LogP contribution in [0.1, 0.15) is 0 Å². The van der Waals surface area contributed by atoms with E-state index in [4.69, 9.17) is 0 Å². The van der Waals surface area contributed by atoms with Crippen LogP contribution in [0.4, 0.5) is 4.39 Å². The van der Waals surface area contributed by atoms with E-state index in [1.54, 1.807) is 0 Å². The van der Waals surface area contributed by atoms with Crippen LogP contribution < -0.4 is 0 Å². The summed E-state index contributed by atoms with van der Waals surface area (Å²) in [4.78, 5) is 1.93. The van der Waals surface area contributed by atoms with E-state index >= 15 is 0 Å². The average molecular weight is 101 g/mol. The Hall–Kier alpha value is -0.530. The van der Waals surface area contributed by atoms with Crippen LogP contribution in [0, 0.1) is 0 Å². The van der Waals surface area contributed by atoms with Crippen LogP contribution in [0.25, 0.3) is 0 Å². The van der Waals surface area contributed by atoms with Crippen molar-refractivity contribution < 1.29 is 4.39 Å². The molecule has 1 aliphatic heterocycles. The van der Waals surface area contributed by atoms with Crippen LogP contribution in [0.15, 0.2) is 12.3 Å². The Balaban J connectivity index is 2.06. The Morgan fingerprint density at radius 3 is 2.57 bits per heavy atom. The van der Waals surface area contributed by atoms with E-state index in [9.17, 15) is 4.39 Å². The molecule has 7 heavy (non-hydrogen) atoms. The molecule has 0 aromatic heterocycles. The van der Waals surface area contributed by atoms with Gasteiger partial charge in [-0.1, -0.05) is 0 Å². The molecule has 0 atom stereocenters. The third kappa shape index (κ3) is 0.918. The zero-order valence-electron chi connectivity index (χ0n) is 4.10. The molecular weight excluding hydrogens is 93.1 g/mol. The molecule has 0 spiro atoms. The second-order valence-electron chi connectivity index (χ2n) is 1.57. The first kappa shape index (κ1) is 4.62. The molecule has 0 aromatic carbocycles. The van der Waals surface area contributed by atoms with Crippen molar-refractivity contribution in [3.05, 3.63) is 12.3 Å². The van der Waals surface area contributed by atoms with Crippen molar-refractivity contribution in [1.82, 2.24) is 4.90 Å². The van der Waals surface area contributed by atoms with E-state index < -0.39 is 0 Å². The standard InChI is InChI=1S/C5H8FN/c6-2-5-7-3-1-4-7/h1,3H,2,4-5H2. The number of hydrogen-bond donors (Lipinski definition) is 0. The quantitative estimate of drug-likeness (QED) is 0.497. The molecule has 0 fully saturated rings. The largest absolute Gasteiger partial charge is 0.371 e. The Labute approximate surface area is 42.4 Å². The summed E-state index contributed by atoms with van der Waals surface area (Å²) in [5.74, 6) is 0. The fraction of sp³-hybridized carbons (Fsp3) is 0.600. The highest BCUT2D eigenvalue weighted by Gasteiger charge is 2.00. The minimum Gasteiger partial charge on any atom is -0.371 e. The summed E-state index contributed by atoms with van der Waals surface area (Å²) in [6, 6.07) is 0. The summed E-state index contributed by atoms with van der Waals surface area (Å²) in [6.07, 6.45) is 3.91. The van der Waals surface area contributed by atoms with E-state index in [-0.39, 0.29) is 6.67 Å². The molecule has 0 aromatic rings. The van der Waals surface area contributed by atoms with Gasteiger partial charge in [0, 0.05) is 13.1 Å². The molecule has 1 heterocycles. The Morgan fingerprint density at radius 1 is 1.71 bits per heavy atom. The van der Waals surface area contributed by atoms with Crippen molar-refractivity contribution in [2.24, 2.45) is 0 Å². The van der Waals surface area contributed by atoms with Gasteiger partial charge in [0.05, 0.1) is 0 Å². The van der Waals surface area contributed by atoms with Crippen LogP contribution in [0.5, 0.6) is 0 Å². The minimum atomic E-state index is -0.232. The molecule has 1 aliphatic rings. The van der Waals surface area contributed by atoms with Gasteiger partial charge in [0.15, 0.2) is 0 Å². The fourth-order valence-electron chi connectivity index (χ4n) is 0.529. The van der Waals surface area contributed by atoms with Crippen LogP contribution >= 0.6 is 0 Å². The molecule has 1 nitrogen and oxygen atoms in total. The van der Waals surface area contributed by atoms with E-state index in [1.165, 1.54) is 0 Å². The van der Waals surface area contributed by atoms with Crippen LogP contribution in [-0.2, 0) is 0 Å². The van der Waals surface area contributed by atoms with E-state index in [1.807, 2.05) is 17.2 Å². The van der Waals surface area contributed by atoms with Gasteiger partial charge in [0.1, 0.15) is 6.67 Å². The highest BCUT2D eigenvalue weighted by atomic mass is 19.1. The number of rotatable bonds is 2. The van der Waals surface area contributed by atoms with Gasteiger partial charge < -0.3 is 4.90 Å². The monoisotopic (exact) mass is 101 g/mol. The first-order valence-corrected chi connectivity index (χ1v) is 2.40. The van der Waals surface area contributed by atoms with Crippen LogP contribution in [0.2, 0.25) is 0 Å². The van der Waals surface area contributed by atoms with Gasteiger partial charge in [0.25, 0.3) is 0 Å². The Bertz CT molecular complexity index is 80.1. The lowest BCUT2D eigenvalue weighted by Crippen LogP contribution is -2.26. The number of hydrogen-bond acceptors (Lipinski definition) is 1. The lowest BCUT2D eigenvalue weighted by Gasteiger charge is -2.22. The average Bonchev–Trinajstić information content (AvgIpc) is 1.55. The number of halogens is 1. The molecule has 0 aliphatic carbocycles. The van der Waals surface area contributed by atoms with Crippen molar-refractivity contribution in [1.29, 1.82) is 0 Å². The fourth-order valence-corrected chi connectivity index (χ4v) is 0.529. The Kier molecular flexibility index (Phi) is 1.29. The molecule has 2 heteroatoms. The van der Waals surface area contributed by atoms with Crippen molar-refractivity contribution in [2.75, 3.05) is 19.8 Å². The lowest BCUT2D eigenvalue weighted by atomic mass is 10.4. The number of nitrogens with zero attached hydrogens (tertiary/aromatic N) is 1. The summed E-state index contributed by atoms with van der Waals surface area (Å²) in [5, 5.41) is 0. The van der Waals surface area contributed by atoms with Gasteiger partial charge >= 0.3 is 0 Å². The molecule has 0 radical (unpaired) electrons. The summed E-state index contributed by atoms with van der Waals surface area (Å²) in [5.41, 5.74) is 0. The maximum absolute atomic E-state index is 11.4. The molecular formula is C5H8FN. The number of alkyl halides is 1. The molecule has 0 N–H and O–H groups in total. The normalized spacial score (nSPS) is 17.0. The third-order valence-electron chi connectivity index (χ3n) is 1.03. The van der Waals surface area contributed by atoms with Crippen molar-refractivity contribution in [3.8, 4) is 0 Å². The lowest BCUT2D eigenvalue weighted by molar-refractivity contribution is 0.324. The predicted molar refractivity (Wildman–Crippen MR) is 26.7 cm³/mol. The van der Waals surface area contributed by atoms with E-state index in [2.05, 4.69) is 0 Å². The highest BCUT2D eigenvalue weighted by Crippen LogP contribution is 1.99. The first-order valence-electron chi connectivity index (χ1n) is 2.40. The van der Waals surface area contributed by atoms with Crippen molar-refractivity contribution in [3.63, 3.8) is 0 Å². The first-order chi connectivity index (χ1) is 3.43. The topological polar surface area (TPSA) is 3.24 Å². The van der Waals surface area contributed by atoms with Gasteiger partial charge in [-0.25, -0.2) is 4.39 Å². The summed E-state index contributed by atoms with van der Waals surface area (Å²) >= 11 is 0. The smallest absolute Gasteiger partial charge is 0.107 e. The second kappa shape index (κ2) is 1.96. The third-order valence-corrected chi connectivity index (χ3v) is 1.03. The van der Waals surface area contributed by atoms with Gasteiger partial charge in [-0.2, -0.15) is 0 Å². The van der Waals surface area contributed by atoms with Gasteiger partial charge in [-0.3, -0.25) is 0 Å². The van der Waals surface area contributed by atoms with Crippen molar-refractivity contribution >= 4 is 0 Å². The maximum atomic E-state index is 11.4. The van der Waals surface area contributed by atoms with Crippen LogP contribution in [0.3, 0.4) is 0 Å². The molecule has 0 unspecified atom stereocenters. The Morgan fingerprint density at radius 2 is 2.43 bits per heavy atom. The molecule has 1 rings (SSSR count). The van der Waals surface area contributed by atoms with Gasteiger partial charge in [0.2, 0.25) is 0 Å². The molecule has 0 saturated heterocycles. The zero-order chi connectivity index (χ0) is 5.11. The molecule has 40 valence electrons. The van der Waals surface area contributed by atoms with Crippen LogP contribution in [-0.4, -0.2) is 24.7 Å². The summed E-state index contributed by atoms with van der Waals surface area (Å²) in [7, 11) is 0. The van der Waals surface area contributed by atoms with E-state index in [0.717, 1.165) is 6.54 Å². The highest BCUT2D eigenvalue weighted by molar-refractivity contribution is 4.96. The molecule has 0 bridgehead atoms. The maximum Gasteiger partial charge on any atom is 0.107 e.